The Morgan fingerprint density at radius 3 is 1.94 bits per heavy atom. The van der Waals surface area contributed by atoms with Gasteiger partial charge in [0, 0.05) is 12.1 Å². The van der Waals surface area contributed by atoms with E-state index in [2.05, 4.69) is 17.1 Å². The van der Waals surface area contributed by atoms with E-state index in [1.165, 1.54) is 24.3 Å². The van der Waals surface area contributed by atoms with Gasteiger partial charge in [-0.3, -0.25) is 0 Å². The molecule has 5 rings (SSSR count). The normalized spacial score (nSPS) is 49.8. The smallest absolute Gasteiger partial charge is 0.0127 e. The third-order valence-corrected chi connectivity index (χ3v) is 6.92. The van der Waals surface area contributed by atoms with Crippen molar-refractivity contribution in [2.75, 3.05) is 11.5 Å². The maximum absolute atomic E-state index is 4.09. The Kier molecular flexibility index (Phi) is 2.92. The summed E-state index contributed by atoms with van der Waals surface area (Å²) in [7, 11) is 0. The summed E-state index contributed by atoms with van der Waals surface area (Å²) in [5, 5.41) is 4.09. The van der Waals surface area contributed by atoms with Crippen LogP contribution in [0.3, 0.4) is 0 Å². The fraction of sp³-hybridized carbons (Fsp3) is 1.00. The lowest BCUT2D eigenvalue weighted by Crippen LogP contribution is -2.57. The fourth-order valence-electron chi connectivity index (χ4n) is 5.33. The van der Waals surface area contributed by atoms with Crippen LogP contribution in [0, 0.1) is 23.7 Å². The summed E-state index contributed by atoms with van der Waals surface area (Å²) in [5.41, 5.74) is 0. The van der Waals surface area contributed by atoms with Crippen LogP contribution in [-0.2, 0) is 0 Å². The van der Waals surface area contributed by atoms with Crippen LogP contribution >= 0.6 is 11.8 Å². The Morgan fingerprint density at radius 1 is 0.765 bits per heavy atom. The Hall–Kier alpha value is 0.310. The quantitative estimate of drug-likeness (QED) is 0.808. The van der Waals surface area contributed by atoms with Gasteiger partial charge in [-0.1, -0.05) is 0 Å². The van der Waals surface area contributed by atoms with E-state index in [1.807, 2.05) is 0 Å². The molecule has 0 radical (unpaired) electrons. The number of hydrogen-bond acceptors (Lipinski definition) is 2. The summed E-state index contributed by atoms with van der Waals surface area (Å²) in [5.74, 6) is 7.15. The molecule has 0 unspecified atom stereocenters. The number of thioether (sulfide) groups is 1. The predicted octanol–water partition coefficient (Wildman–Crippen LogP) is 3.30. The van der Waals surface area contributed by atoms with Crippen molar-refractivity contribution in [2.45, 2.75) is 57.0 Å². The molecule has 0 atom stereocenters. The molecule has 0 amide bonds. The molecule has 2 heteroatoms. The molecule has 0 spiro atoms. The second kappa shape index (κ2) is 4.45. The van der Waals surface area contributed by atoms with Gasteiger partial charge in [0.1, 0.15) is 0 Å². The van der Waals surface area contributed by atoms with Crippen LogP contribution in [0.25, 0.3) is 0 Å². The molecule has 1 aliphatic heterocycles. The van der Waals surface area contributed by atoms with Crippen molar-refractivity contribution in [3.05, 3.63) is 0 Å². The molecule has 4 saturated carbocycles. The Labute approximate surface area is 109 Å². The molecule has 17 heavy (non-hydrogen) atoms. The summed E-state index contributed by atoms with van der Waals surface area (Å²) in [6.07, 6.45) is 10.7. The average molecular weight is 251 g/mol. The first-order valence-electron chi connectivity index (χ1n) is 7.72. The molecule has 1 nitrogen and oxygen atoms in total. The molecule has 5 fully saturated rings. The van der Waals surface area contributed by atoms with E-state index in [4.69, 9.17) is 0 Å². The first-order chi connectivity index (χ1) is 8.38. The molecule has 1 saturated heterocycles. The second-order valence-electron chi connectivity index (χ2n) is 7.01. The van der Waals surface area contributed by atoms with E-state index in [-0.39, 0.29) is 0 Å². The van der Waals surface area contributed by atoms with Crippen molar-refractivity contribution in [1.29, 1.82) is 0 Å². The lowest BCUT2D eigenvalue weighted by molar-refractivity contribution is -0.0180. The van der Waals surface area contributed by atoms with Crippen LogP contribution in [0.1, 0.15) is 44.9 Å². The highest BCUT2D eigenvalue weighted by atomic mass is 32.2. The molecule has 5 aliphatic rings. The monoisotopic (exact) mass is 251 g/mol. The van der Waals surface area contributed by atoms with E-state index in [1.54, 1.807) is 32.1 Å². The zero-order chi connectivity index (χ0) is 11.2. The van der Waals surface area contributed by atoms with E-state index >= 15 is 0 Å². The summed E-state index contributed by atoms with van der Waals surface area (Å²) < 4.78 is 0. The van der Waals surface area contributed by atoms with Gasteiger partial charge < -0.3 is 5.32 Å². The van der Waals surface area contributed by atoms with Crippen LogP contribution in [0.15, 0.2) is 0 Å². The van der Waals surface area contributed by atoms with Gasteiger partial charge in [0.05, 0.1) is 0 Å². The highest BCUT2D eigenvalue weighted by Crippen LogP contribution is 2.53. The van der Waals surface area contributed by atoms with Crippen LogP contribution in [-0.4, -0.2) is 23.6 Å². The largest absolute Gasteiger partial charge is 0.311 e. The summed E-state index contributed by atoms with van der Waals surface area (Å²) in [6, 6.07) is 1.77. The van der Waals surface area contributed by atoms with Crippen molar-refractivity contribution in [3.8, 4) is 0 Å². The number of hydrogen-bond donors (Lipinski definition) is 1. The molecule has 1 heterocycles. The SMILES string of the molecule is C1CC(NC2C3CC4CC(C3)CC2C4)CCS1. The van der Waals surface area contributed by atoms with Gasteiger partial charge >= 0.3 is 0 Å². The van der Waals surface area contributed by atoms with E-state index in [0.29, 0.717) is 0 Å². The number of nitrogens with one attached hydrogen (secondary N) is 1. The van der Waals surface area contributed by atoms with Crippen molar-refractivity contribution < 1.29 is 0 Å². The summed E-state index contributed by atoms with van der Waals surface area (Å²) in [6.45, 7) is 0. The van der Waals surface area contributed by atoms with Gasteiger partial charge in [0.25, 0.3) is 0 Å². The molecule has 0 aromatic rings. The third kappa shape index (κ3) is 2.06. The molecule has 4 aliphatic carbocycles. The third-order valence-electron chi connectivity index (χ3n) is 5.88. The van der Waals surface area contributed by atoms with E-state index in [0.717, 1.165) is 35.8 Å². The van der Waals surface area contributed by atoms with E-state index < -0.39 is 0 Å². The Balaban J connectivity index is 1.43. The lowest BCUT2D eigenvalue weighted by Gasteiger charge is -2.55. The minimum absolute atomic E-state index is 0.860. The molecule has 1 N–H and O–H groups in total. The first kappa shape index (κ1) is 11.2. The highest BCUT2D eigenvalue weighted by Gasteiger charge is 2.48. The molecule has 4 bridgehead atoms. The van der Waals surface area contributed by atoms with Gasteiger partial charge in [-0.05, 0) is 80.1 Å². The Bertz CT molecular complexity index is 257. The van der Waals surface area contributed by atoms with Crippen molar-refractivity contribution >= 4 is 11.8 Å². The van der Waals surface area contributed by atoms with Gasteiger partial charge in [-0.15, -0.1) is 0 Å². The minimum atomic E-state index is 0.860. The molecular formula is C15H25NS. The van der Waals surface area contributed by atoms with Crippen LogP contribution < -0.4 is 5.32 Å². The molecule has 0 aromatic heterocycles. The van der Waals surface area contributed by atoms with Crippen molar-refractivity contribution in [2.24, 2.45) is 23.7 Å². The van der Waals surface area contributed by atoms with Gasteiger partial charge in [-0.2, -0.15) is 11.8 Å². The topological polar surface area (TPSA) is 12.0 Å². The molecule has 0 aromatic carbocycles. The predicted molar refractivity (Wildman–Crippen MR) is 74.3 cm³/mol. The van der Waals surface area contributed by atoms with Crippen LogP contribution in [0.5, 0.6) is 0 Å². The lowest BCUT2D eigenvalue weighted by atomic mass is 9.54. The van der Waals surface area contributed by atoms with Crippen LogP contribution in [0.4, 0.5) is 0 Å². The maximum atomic E-state index is 4.09. The van der Waals surface area contributed by atoms with Crippen molar-refractivity contribution in [1.82, 2.24) is 5.32 Å². The first-order valence-corrected chi connectivity index (χ1v) is 8.88. The maximum Gasteiger partial charge on any atom is 0.0127 e. The zero-order valence-electron chi connectivity index (χ0n) is 10.7. The minimum Gasteiger partial charge on any atom is -0.311 e. The van der Waals surface area contributed by atoms with Gasteiger partial charge in [0.2, 0.25) is 0 Å². The Morgan fingerprint density at radius 2 is 1.35 bits per heavy atom. The van der Waals surface area contributed by atoms with Crippen molar-refractivity contribution in [3.63, 3.8) is 0 Å². The second-order valence-corrected chi connectivity index (χ2v) is 8.23. The highest BCUT2D eigenvalue weighted by molar-refractivity contribution is 7.99. The fourth-order valence-corrected chi connectivity index (χ4v) is 6.44. The van der Waals surface area contributed by atoms with Crippen LogP contribution in [0.2, 0.25) is 0 Å². The van der Waals surface area contributed by atoms with Gasteiger partial charge in [0.15, 0.2) is 0 Å². The summed E-state index contributed by atoms with van der Waals surface area (Å²) >= 11 is 2.15. The number of rotatable bonds is 2. The zero-order valence-corrected chi connectivity index (χ0v) is 11.6. The average Bonchev–Trinajstić information content (AvgIpc) is 2.34. The van der Waals surface area contributed by atoms with Gasteiger partial charge in [-0.25, -0.2) is 0 Å². The standard InChI is InChI=1S/C15H25NS/c1-3-17-4-2-14(1)16-15-12-6-10-5-11(8-12)9-13(15)7-10/h10-16H,1-9H2. The molecule has 96 valence electrons. The molecular weight excluding hydrogens is 226 g/mol. The van der Waals surface area contributed by atoms with E-state index in [9.17, 15) is 0 Å². The summed E-state index contributed by atoms with van der Waals surface area (Å²) in [4.78, 5) is 0.